The van der Waals surface area contributed by atoms with E-state index in [1.54, 1.807) is 0 Å². The SMILES string of the molecule is C[C@H](O)C(NC(=O)C(F)(F)F)C(=O)O. The molecule has 3 N–H and O–H groups in total. The molecule has 0 saturated heterocycles. The van der Waals surface area contributed by atoms with E-state index in [4.69, 9.17) is 10.2 Å². The number of aliphatic hydroxyl groups is 1. The number of carbonyl (C=O) groups is 2. The third kappa shape index (κ3) is 3.60. The molecule has 0 aliphatic heterocycles. The highest BCUT2D eigenvalue weighted by atomic mass is 19.4. The van der Waals surface area contributed by atoms with Gasteiger partial charge in [-0.2, -0.15) is 13.2 Å². The van der Waals surface area contributed by atoms with Gasteiger partial charge in [-0.25, -0.2) is 4.79 Å². The molecule has 14 heavy (non-hydrogen) atoms. The zero-order valence-corrected chi connectivity index (χ0v) is 7.00. The fourth-order valence-electron chi connectivity index (χ4n) is 0.612. The first-order valence-electron chi connectivity index (χ1n) is 3.45. The third-order valence-corrected chi connectivity index (χ3v) is 1.29. The number of halogens is 3. The molecule has 0 aromatic carbocycles. The van der Waals surface area contributed by atoms with Gasteiger partial charge in [0.15, 0.2) is 6.04 Å². The summed E-state index contributed by atoms with van der Waals surface area (Å²) in [5.74, 6) is -4.14. The first-order chi connectivity index (χ1) is 6.16. The molecular weight excluding hydrogens is 207 g/mol. The first kappa shape index (κ1) is 12.7. The second-order valence-electron chi connectivity index (χ2n) is 2.53. The van der Waals surface area contributed by atoms with Crippen LogP contribution in [-0.2, 0) is 9.59 Å². The van der Waals surface area contributed by atoms with Crippen molar-refractivity contribution in [1.29, 1.82) is 0 Å². The molecule has 0 spiro atoms. The van der Waals surface area contributed by atoms with Gasteiger partial charge >= 0.3 is 18.1 Å². The topological polar surface area (TPSA) is 86.6 Å². The molecule has 0 bridgehead atoms. The molecular formula is C6H8F3NO4. The molecule has 82 valence electrons. The number of amides is 1. The Morgan fingerprint density at radius 2 is 1.79 bits per heavy atom. The van der Waals surface area contributed by atoms with E-state index < -0.39 is 30.2 Å². The predicted octanol–water partition coefficient (Wildman–Crippen LogP) is -0.501. The van der Waals surface area contributed by atoms with Crippen molar-refractivity contribution in [2.75, 3.05) is 0 Å². The molecule has 0 radical (unpaired) electrons. The highest BCUT2D eigenvalue weighted by Gasteiger charge is 2.41. The van der Waals surface area contributed by atoms with Crippen LogP contribution in [0.15, 0.2) is 0 Å². The van der Waals surface area contributed by atoms with Crippen molar-refractivity contribution < 1.29 is 33.0 Å². The summed E-state index contributed by atoms with van der Waals surface area (Å²) in [5, 5.41) is 18.2. The normalized spacial score (nSPS) is 15.8. The minimum absolute atomic E-state index is 0.954. The zero-order valence-electron chi connectivity index (χ0n) is 7.00. The Labute approximate surface area is 76.5 Å². The smallest absolute Gasteiger partial charge is 0.471 e. The van der Waals surface area contributed by atoms with Crippen molar-refractivity contribution in [2.24, 2.45) is 0 Å². The molecule has 0 aliphatic carbocycles. The molecule has 0 rings (SSSR count). The second-order valence-corrected chi connectivity index (χ2v) is 2.53. The van der Waals surface area contributed by atoms with Crippen LogP contribution < -0.4 is 5.32 Å². The molecule has 2 atom stereocenters. The highest BCUT2D eigenvalue weighted by Crippen LogP contribution is 2.14. The van der Waals surface area contributed by atoms with E-state index in [9.17, 15) is 22.8 Å². The van der Waals surface area contributed by atoms with E-state index in [0.29, 0.717) is 0 Å². The molecule has 0 saturated carbocycles. The molecule has 0 aromatic heterocycles. The Morgan fingerprint density at radius 1 is 1.36 bits per heavy atom. The zero-order chi connectivity index (χ0) is 11.5. The minimum Gasteiger partial charge on any atom is -0.480 e. The molecule has 1 amide bonds. The number of rotatable bonds is 3. The monoisotopic (exact) mass is 215 g/mol. The van der Waals surface area contributed by atoms with Crippen molar-refractivity contribution in [1.82, 2.24) is 5.32 Å². The molecule has 1 unspecified atom stereocenters. The van der Waals surface area contributed by atoms with Gasteiger partial charge in [0.25, 0.3) is 0 Å². The van der Waals surface area contributed by atoms with Gasteiger partial charge in [-0.3, -0.25) is 4.79 Å². The van der Waals surface area contributed by atoms with Crippen molar-refractivity contribution >= 4 is 11.9 Å². The lowest BCUT2D eigenvalue weighted by Gasteiger charge is -2.17. The number of aliphatic hydroxyl groups excluding tert-OH is 1. The quantitative estimate of drug-likeness (QED) is 0.592. The van der Waals surface area contributed by atoms with E-state index in [1.165, 1.54) is 0 Å². The summed E-state index contributed by atoms with van der Waals surface area (Å²) < 4.78 is 34.9. The fraction of sp³-hybridized carbons (Fsp3) is 0.667. The Bertz CT molecular complexity index is 238. The van der Waals surface area contributed by atoms with E-state index in [1.807, 2.05) is 0 Å². The van der Waals surface area contributed by atoms with E-state index in [0.717, 1.165) is 12.2 Å². The van der Waals surface area contributed by atoms with Gasteiger partial charge in [-0.1, -0.05) is 0 Å². The van der Waals surface area contributed by atoms with Crippen molar-refractivity contribution in [3.05, 3.63) is 0 Å². The van der Waals surface area contributed by atoms with E-state index in [2.05, 4.69) is 0 Å². The largest absolute Gasteiger partial charge is 0.480 e. The van der Waals surface area contributed by atoms with Crippen LogP contribution in [0.3, 0.4) is 0 Å². The van der Waals surface area contributed by atoms with Crippen LogP contribution in [0, 0.1) is 0 Å². The van der Waals surface area contributed by atoms with Gasteiger partial charge in [-0.05, 0) is 6.92 Å². The number of carboxylic acids is 1. The van der Waals surface area contributed by atoms with Crippen LogP contribution in [0.25, 0.3) is 0 Å². The maximum Gasteiger partial charge on any atom is 0.471 e. The number of hydrogen-bond acceptors (Lipinski definition) is 3. The number of aliphatic carboxylic acids is 1. The molecule has 0 heterocycles. The van der Waals surface area contributed by atoms with Crippen molar-refractivity contribution in [2.45, 2.75) is 25.2 Å². The maximum absolute atomic E-state index is 11.6. The predicted molar refractivity (Wildman–Crippen MR) is 37.3 cm³/mol. The molecule has 0 aromatic rings. The van der Waals surface area contributed by atoms with E-state index >= 15 is 0 Å². The summed E-state index contributed by atoms with van der Waals surface area (Å²) in [7, 11) is 0. The minimum atomic E-state index is -5.16. The average Bonchev–Trinajstić information content (AvgIpc) is 1.96. The van der Waals surface area contributed by atoms with Crippen LogP contribution >= 0.6 is 0 Å². The number of hydrogen-bond donors (Lipinski definition) is 3. The van der Waals surface area contributed by atoms with Gasteiger partial charge in [0.05, 0.1) is 6.10 Å². The molecule has 0 aliphatic rings. The summed E-state index contributed by atoms with van der Waals surface area (Å²) in [6.07, 6.45) is -6.78. The van der Waals surface area contributed by atoms with Crippen LogP contribution in [0.1, 0.15) is 6.92 Å². The summed E-state index contributed by atoms with van der Waals surface area (Å²) in [6.45, 7) is 0.954. The Hall–Kier alpha value is -1.31. The summed E-state index contributed by atoms with van der Waals surface area (Å²) >= 11 is 0. The Kier molecular flexibility index (Phi) is 3.87. The third-order valence-electron chi connectivity index (χ3n) is 1.29. The number of carbonyl (C=O) groups excluding carboxylic acids is 1. The molecule has 5 nitrogen and oxygen atoms in total. The van der Waals surface area contributed by atoms with Gasteiger partial charge in [0, 0.05) is 0 Å². The standard InChI is InChI=1S/C6H8F3NO4/c1-2(11)3(4(12)13)10-5(14)6(7,8)9/h2-3,11H,1H3,(H,10,14)(H,12,13)/t2-,3?/m0/s1. The second kappa shape index (κ2) is 4.27. The summed E-state index contributed by atoms with van der Waals surface area (Å²) in [4.78, 5) is 20.5. The van der Waals surface area contributed by atoms with Gasteiger partial charge in [-0.15, -0.1) is 0 Å². The lowest BCUT2D eigenvalue weighted by Crippen LogP contribution is -2.51. The van der Waals surface area contributed by atoms with Crippen LogP contribution in [-0.4, -0.2) is 40.4 Å². The van der Waals surface area contributed by atoms with Crippen LogP contribution in [0.5, 0.6) is 0 Å². The Morgan fingerprint density at radius 3 is 2.00 bits per heavy atom. The molecule has 8 heteroatoms. The van der Waals surface area contributed by atoms with Crippen molar-refractivity contribution in [3.8, 4) is 0 Å². The number of carboxylic acid groups (broad SMARTS) is 1. The molecule has 0 fully saturated rings. The van der Waals surface area contributed by atoms with Gasteiger partial charge < -0.3 is 15.5 Å². The van der Waals surface area contributed by atoms with Gasteiger partial charge in [0.2, 0.25) is 0 Å². The lowest BCUT2D eigenvalue weighted by molar-refractivity contribution is -0.176. The average molecular weight is 215 g/mol. The summed E-state index contributed by atoms with van der Waals surface area (Å²) in [6, 6.07) is -1.97. The van der Waals surface area contributed by atoms with Crippen LogP contribution in [0.2, 0.25) is 0 Å². The maximum atomic E-state index is 11.6. The van der Waals surface area contributed by atoms with E-state index in [-0.39, 0.29) is 0 Å². The fourth-order valence-corrected chi connectivity index (χ4v) is 0.612. The Balaban J connectivity index is 4.48. The van der Waals surface area contributed by atoms with Crippen molar-refractivity contribution in [3.63, 3.8) is 0 Å². The number of alkyl halides is 3. The van der Waals surface area contributed by atoms with Gasteiger partial charge in [0.1, 0.15) is 0 Å². The van der Waals surface area contributed by atoms with Crippen LogP contribution in [0.4, 0.5) is 13.2 Å². The highest BCUT2D eigenvalue weighted by molar-refractivity contribution is 5.87. The summed E-state index contributed by atoms with van der Waals surface area (Å²) in [5.41, 5.74) is 0. The number of nitrogens with one attached hydrogen (secondary N) is 1. The lowest BCUT2D eigenvalue weighted by atomic mass is 10.2. The first-order valence-corrected chi connectivity index (χ1v) is 3.45.